The van der Waals surface area contributed by atoms with E-state index in [-0.39, 0.29) is 12.0 Å². The number of hydrogen-bond donors (Lipinski definition) is 2. The van der Waals surface area contributed by atoms with Crippen LogP contribution in [-0.2, 0) is 11.3 Å². The molecule has 1 aliphatic rings. The van der Waals surface area contributed by atoms with Crippen LogP contribution in [0.4, 0.5) is 0 Å². The maximum atomic E-state index is 11.3. The highest BCUT2D eigenvalue weighted by Gasteiger charge is 2.31. The van der Waals surface area contributed by atoms with Crippen LogP contribution in [0.5, 0.6) is 0 Å². The number of likely N-dealkylation sites (N-methyl/N-ethyl adjacent to an activating group) is 1. The summed E-state index contributed by atoms with van der Waals surface area (Å²) >= 11 is 0. The van der Waals surface area contributed by atoms with E-state index in [0.29, 0.717) is 19.0 Å². The van der Waals surface area contributed by atoms with Crippen molar-refractivity contribution in [2.24, 2.45) is 5.92 Å². The molecule has 1 unspecified atom stereocenters. The lowest BCUT2D eigenvalue weighted by molar-refractivity contribution is -0.121. The number of aliphatic hydroxyl groups is 1. The third kappa shape index (κ3) is 2.64. The van der Waals surface area contributed by atoms with E-state index in [0.717, 1.165) is 18.4 Å². The molecule has 4 heteroatoms. The molecule has 1 fully saturated rings. The Labute approximate surface area is 95.3 Å². The second-order valence-corrected chi connectivity index (χ2v) is 4.35. The maximum absolute atomic E-state index is 11.3. The lowest BCUT2D eigenvalue weighted by atomic mass is 10.1. The summed E-state index contributed by atoms with van der Waals surface area (Å²) < 4.78 is 1.81. The summed E-state index contributed by atoms with van der Waals surface area (Å²) in [5.74, 6) is 0.436. The van der Waals surface area contributed by atoms with Crippen LogP contribution in [0.3, 0.4) is 0 Å². The first-order valence-electron chi connectivity index (χ1n) is 5.81. The highest BCUT2D eigenvalue weighted by molar-refractivity contribution is 5.75. The van der Waals surface area contributed by atoms with Gasteiger partial charge in [-0.25, -0.2) is 0 Å². The number of aliphatic hydroxyl groups excluding tert-OH is 1. The Balaban J connectivity index is 1.93. The molecule has 0 saturated heterocycles. The number of amides is 1. The Hall–Kier alpha value is -1.29. The lowest BCUT2D eigenvalue weighted by Gasteiger charge is -2.06. The second kappa shape index (κ2) is 4.70. The standard InChI is InChI=1S/C12H18N2O2/c1-2-13-11(15)8-14-6-5-10(7-14)12(16)9-3-4-9/h5-7,9,12,16H,2-4,8H2,1H3,(H,13,15). The van der Waals surface area contributed by atoms with Gasteiger partial charge >= 0.3 is 0 Å². The second-order valence-electron chi connectivity index (χ2n) is 4.35. The molecule has 1 aliphatic carbocycles. The minimum Gasteiger partial charge on any atom is -0.388 e. The van der Waals surface area contributed by atoms with Gasteiger partial charge < -0.3 is 15.0 Å². The van der Waals surface area contributed by atoms with Crippen LogP contribution in [0.25, 0.3) is 0 Å². The summed E-state index contributed by atoms with van der Waals surface area (Å²) in [6, 6.07) is 1.89. The molecular formula is C12H18N2O2. The van der Waals surface area contributed by atoms with Gasteiger partial charge in [0.25, 0.3) is 0 Å². The van der Waals surface area contributed by atoms with Crippen LogP contribution in [-0.4, -0.2) is 22.1 Å². The van der Waals surface area contributed by atoms with Crippen LogP contribution >= 0.6 is 0 Å². The van der Waals surface area contributed by atoms with Crippen LogP contribution in [0.15, 0.2) is 18.5 Å². The monoisotopic (exact) mass is 222 g/mol. The number of nitrogens with one attached hydrogen (secondary N) is 1. The number of carbonyl (C=O) groups excluding carboxylic acids is 1. The summed E-state index contributed by atoms with van der Waals surface area (Å²) in [4.78, 5) is 11.3. The fourth-order valence-electron chi connectivity index (χ4n) is 1.84. The molecule has 16 heavy (non-hydrogen) atoms. The predicted octanol–water partition coefficient (Wildman–Crippen LogP) is 1.07. The zero-order valence-corrected chi connectivity index (χ0v) is 9.52. The van der Waals surface area contributed by atoms with Crippen LogP contribution in [0, 0.1) is 5.92 Å². The number of carbonyl (C=O) groups is 1. The molecule has 2 rings (SSSR count). The van der Waals surface area contributed by atoms with Gasteiger partial charge in [-0.3, -0.25) is 4.79 Å². The van der Waals surface area contributed by atoms with Crippen molar-refractivity contribution in [1.29, 1.82) is 0 Å². The first kappa shape index (κ1) is 11.2. The van der Waals surface area contributed by atoms with E-state index in [2.05, 4.69) is 5.32 Å². The van der Waals surface area contributed by atoms with Crippen LogP contribution in [0.1, 0.15) is 31.4 Å². The van der Waals surface area contributed by atoms with Crippen molar-refractivity contribution in [3.63, 3.8) is 0 Å². The fraction of sp³-hybridized carbons (Fsp3) is 0.583. The highest BCUT2D eigenvalue weighted by Crippen LogP contribution is 2.40. The fourth-order valence-corrected chi connectivity index (χ4v) is 1.84. The highest BCUT2D eigenvalue weighted by atomic mass is 16.3. The van der Waals surface area contributed by atoms with Gasteiger partial charge in [-0.15, -0.1) is 0 Å². The zero-order chi connectivity index (χ0) is 11.5. The van der Waals surface area contributed by atoms with Crippen molar-refractivity contribution in [1.82, 2.24) is 9.88 Å². The summed E-state index contributed by atoms with van der Waals surface area (Å²) in [5.41, 5.74) is 0.923. The van der Waals surface area contributed by atoms with Crippen molar-refractivity contribution in [2.45, 2.75) is 32.4 Å². The van der Waals surface area contributed by atoms with Gasteiger partial charge in [0.05, 0.1) is 6.10 Å². The van der Waals surface area contributed by atoms with Crippen LogP contribution < -0.4 is 5.32 Å². The molecule has 0 aromatic carbocycles. The molecule has 1 aromatic heterocycles. The Morgan fingerprint density at radius 3 is 3.06 bits per heavy atom. The Bertz CT molecular complexity index is 369. The summed E-state index contributed by atoms with van der Waals surface area (Å²) in [5, 5.41) is 12.6. The molecule has 1 saturated carbocycles. The zero-order valence-electron chi connectivity index (χ0n) is 9.52. The van der Waals surface area contributed by atoms with Gasteiger partial charge in [-0.1, -0.05) is 0 Å². The smallest absolute Gasteiger partial charge is 0.239 e. The molecular weight excluding hydrogens is 204 g/mol. The molecule has 1 heterocycles. The van der Waals surface area contributed by atoms with Gasteiger partial charge in [0.2, 0.25) is 5.91 Å². The largest absolute Gasteiger partial charge is 0.388 e. The minimum atomic E-state index is -0.351. The molecule has 88 valence electrons. The number of hydrogen-bond acceptors (Lipinski definition) is 2. The topological polar surface area (TPSA) is 54.3 Å². The summed E-state index contributed by atoms with van der Waals surface area (Å²) in [7, 11) is 0. The van der Waals surface area contributed by atoms with E-state index >= 15 is 0 Å². The van der Waals surface area contributed by atoms with Crippen molar-refractivity contribution in [2.75, 3.05) is 6.54 Å². The molecule has 0 aliphatic heterocycles. The Morgan fingerprint density at radius 2 is 2.44 bits per heavy atom. The molecule has 1 atom stereocenters. The molecule has 4 nitrogen and oxygen atoms in total. The van der Waals surface area contributed by atoms with Crippen molar-refractivity contribution in [3.8, 4) is 0 Å². The molecule has 1 aromatic rings. The first-order valence-corrected chi connectivity index (χ1v) is 5.81. The predicted molar refractivity (Wildman–Crippen MR) is 60.8 cm³/mol. The summed E-state index contributed by atoms with van der Waals surface area (Å²) in [6.07, 6.45) is 5.58. The van der Waals surface area contributed by atoms with Crippen molar-refractivity contribution < 1.29 is 9.90 Å². The number of nitrogens with zero attached hydrogens (tertiary/aromatic N) is 1. The van der Waals surface area contributed by atoms with Gasteiger partial charge in [-0.2, -0.15) is 0 Å². The van der Waals surface area contributed by atoms with E-state index in [1.807, 2.05) is 30.0 Å². The maximum Gasteiger partial charge on any atom is 0.239 e. The lowest BCUT2D eigenvalue weighted by Crippen LogP contribution is -2.26. The quantitative estimate of drug-likeness (QED) is 0.783. The van der Waals surface area contributed by atoms with E-state index in [9.17, 15) is 9.90 Å². The van der Waals surface area contributed by atoms with Gasteiger partial charge in [0, 0.05) is 18.9 Å². The molecule has 0 radical (unpaired) electrons. The van der Waals surface area contributed by atoms with Crippen LogP contribution in [0.2, 0.25) is 0 Å². The van der Waals surface area contributed by atoms with E-state index in [1.54, 1.807) is 0 Å². The third-order valence-electron chi connectivity index (χ3n) is 2.88. The average molecular weight is 222 g/mol. The SMILES string of the molecule is CCNC(=O)Cn1ccc(C(O)C2CC2)c1. The Morgan fingerprint density at radius 1 is 1.69 bits per heavy atom. The normalized spacial score (nSPS) is 17.1. The number of rotatable bonds is 5. The van der Waals surface area contributed by atoms with Gasteiger partial charge in [0.15, 0.2) is 0 Å². The molecule has 2 N–H and O–H groups in total. The minimum absolute atomic E-state index is 0.00515. The van der Waals surface area contributed by atoms with Gasteiger partial charge in [0.1, 0.15) is 6.54 Å². The first-order chi connectivity index (χ1) is 7.70. The molecule has 0 bridgehead atoms. The van der Waals surface area contributed by atoms with E-state index in [4.69, 9.17) is 0 Å². The van der Waals surface area contributed by atoms with Crippen molar-refractivity contribution in [3.05, 3.63) is 24.0 Å². The van der Waals surface area contributed by atoms with Gasteiger partial charge in [-0.05, 0) is 37.3 Å². The average Bonchev–Trinajstić information content (AvgIpc) is 2.99. The number of aromatic nitrogens is 1. The van der Waals surface area contributed by atoms with E-state index in [1.165, 1.54) is 0 Å². The molecule has 0 spiro atoms. The molecule has 1 amide bonds. The Kier molecular flexibility index (Phi) is 3.29. The summed E-state index contributed by atoms with van der Waals surface area (Å²) in [6.45, 7) is 2.87. The van der Waals surface area contributed by atoms with E-state index < -0.39 is 0 Å². The third-order valence-corrected chi connectivity index (χ3v) is 2.88. The van der Waals surface area contributed by atoms with Crippen molar-refractivity contribution >= 4 is 5.91 Å².